The van der Waals surface area contributed by atoms with Gasteiger partial charge in [0.2, 0.25) is 11.8 Å². The van der Waals surface area contributed by atoms with Crippen molar-refractivity contribution in [1.29, 1.82) is 0 Å². The zero-order valence-corrected chi connectivity index (χ0v) is 12.3. The third kappa shape index (κ3) is 3.89. The summed E-state index contributed by atoms with van der Waals surface area (Å²) in [6.45, 7) is 1.01. The Balaban J connectivity index is 1.57. The number of hydrogen-bond donors (Lipinski definition) is 1. The van der Waals surface area contributed by atoms with E-state index in [1.165, 1.54) is 12.8 Å². The summed E-state index contributed by atoms with van der Waals surface area (Å²) in [6.07, 6.45) is 4.16. The minimum absolute atomic E-state index is 0.294. The van der Waals surface area contributed by atoms with E-state index >= 15 is 0 Å². The number of rotatable bonds is 8. The van der Waals surface area contributed by atoms with Gasteiger partial charge in [-0.25, -0.2) is 0 Å². The highest BCUT2D eigenvalue weighted by atomic mass is 16.5. The van der Waals surface area contributed by atoms with E-state index in [1.807, 2.05) is 30.3 Å². The molecule has 0 radical (unpaired) electrons. The zero-order valence-electron chi connectivity index (χ0n) is 12.3. The second-order valence-corrected chi connectivity index (χ2v) is 5.39. The highest BCUT2D eigenvalue weighted by Crippen LogP contribution is 2.24. The molecule has 1 aromatic carbocycles. The van der Waals surface area contributed by atoms with Gasteiger partial charge in [-0.1, -0.05) is 30.3 Å². The lowest BCUT2D eigenvalue weighted by Gasteiger charge is -2.10. The van der Waals surface area contributed by atoms with Crippen LogP contribution in [0.1, 0.15) is 42.7 Å². The van der Waals surface area contributed by atoms with Gasteiger partial charge in [-0.2, -0.15) is 0 Å². The fraction of sp³-hybridized carbons (Fsp3) is 0.500. The van der Waals surface area contributed by atoms with Crippen LogP contribution in [0.3, 0.4) is 0 Å². The van der Waals surface area contributed by atoms with E-state index in [-0.39, 0.29) is 6.10 Å². The Kier molecular flexibility index (Phi) is 4.62. The van der Waals surface area contributed by atoms with Gasteiger partial charge in [-0.15, -0.1) is 10.2 Å². The summed E-state index contributed by atoms with van der Waals surface area (Å²) in [6, 6.07) is 10.7. The quantitative estimate of drug-likeness (QED) is 0.756. The maximum atomic E-state index is 5.74. The highest BCUT2D eigenvalue weighted by Gasteiger charge is 2.21. The second kappa shape index (κ2) is 6.83. The summed E-state index contributed by atoms with van der Waals surface area (Å²) in [4.78, 5) is 0. The van der Waals surface area contributed by atoms with E-state index in [1.54, 1.807) is 7.11 Å². The third-order valence-corrected chi connectivity index (χ3v) is 3.62. The lowest BCUT2D eigenvalue weighted by Crippen LogP contribution is -2.17. The lowest BCUT2D eigenvalue weighted by atomic mass is 10.1. The van der Waals surface area contributed by atoms with Crippen LogP contribution in [-0.2, 0) is 11.2 Å². The van der Waals surface area contributed by atoms with Crippen molar-refractivity contribution in [3.8, 4) is 0 Å². The summed E-state index contributed by atoms with van der Waals surface area (Å²) in [5, 5.41) is 11.7. The van der Waals surface area contributed by atoms with Gasteiger partial charge in [-0.05, 0) is 31.4 Å². The van der Waals surface area contributed by atoms with Crippen LogP contribution in [0.25, 0.3) is 0 Å². The monoisotopic (exact) mass is 287 g/mol. The van der Waals surface area contributed by atoms with E-state index in [0.29, 0.717) is 11.8 Å². The Bertz CT molecular complexity index is 552. The van der Waals surface area contributed by atoms with Crippen molar-refractivity contribution in [1.82, 2.24) is 15.5 Å². The molecule has 112 valence electrons. The summed E-state index contributed by atoms with van der Waals surface area (Å²) >= 11 is 0. The molecule has 5 heteroatoms. The normalized spacial score (nSPS) is 16.0. The molecular formula is C16H21N3O2. The number of benzene rings is 1. The van der Waals surface area contributed by atoms with Gasteiger partial charge in [0.1, 0.15) is 0 Å². The van der Waals surface area contributed by atoms with Crippen LogP contribution >= 0.6 is 0 Å². The van der Waals surface area contributed by atoms with Crippen molar-refractivity contribution >= 4 is 0 Å². The Morgan fingerprint density at radius 3 is 2.81 bits per heavy atom. The molecule has 1 unspecified atom stereocenters. The fourth-order valence-electron chi connectivity index (χ4n) is 2.31. The molecule has 1 atom stereocenters. The number of ether oxygens (including phenoxy) is 1. The molecule has 21 heavy (non-hydrogen) atoms. The molecule has 1 aliphatic rings. The van der Waals surface area contributed by atoms with E-state index in [4.69, 9.17) is 9.15 Å². The maximum Gasteiger partial charge on any atom is 0.249 e. The van der Waals surface area contributed by atoms with Gasteiger partial charge >= 0.3 is 0 Å². The molecule has 1 aliphatic carbocycles. The van der Waals surface area contributed by atoms with Crippen molar-refractivity contribution in [2.75, 3.05) is 13.7 Å². The summed E-state index contributed by atoms with van der Waals surface area (Å²) in [5.74, 6) is 1.20. The van der Waals surface area contributed by atoms with Gasteiger partial charge < -0.3 is 14.5 Å². The number of nitrogens with zero attached hydrogens (tertiary/aromatic N) is 2. The molecule has 1 N–H and O–H groups in total. The van der Waals surface area contributed by atoms with Crippen LogP contribution in [-0.4, -0.2) is 29.9 Å². The van der Waals surface area contributed by atoms with Crippen molar-refractivity contribution in [3.63, 3.8) is 0 Å². The molecule has 5 nitrogen and oxygen atoms in total. The molecule has 1 saturated carbocycles. The molecule has 1 heterocycles. The first-order valence-corrected chi connectivity index (χ1v) is 7.50. The van der Waals surface area contributed by atoms with Crippen LogP contribution in [0, 0.1) is 0 Å². The highest BCUT2D eigenvalue weighted by molar-refractivity contribution is 5.21. The van der Waals surface area contributed by atoms with E-state index in [9.17, 15) is 0 Å². The van der Waals surface area contributed by atoms with E-state index in [0.717, 1.165) is 31.0 Å². The number of aromatic nitrogens is 2. The first-order valence-electron chi connectivity index (χ1n) is 7.50. The fourth-order valence-corrected chi connectivity index (χ4v) is 2.31. The Morgan fingerprint density at radius 1 is 1.29 bits per heavy atom. The molecule has 1 fully saturated rings. The van der Waals surface area contributed by atoms with Crippen LogP contribution in [0.5, 0.6) is 0 Å². The molecule has 0 amide bonds. The lowest BCUT2D eigenvalue weighted by molar-refractivity contribution is 0.110. The second-order valence-electron chi connectivity index (χ2n) is 5.39. The van der Waals surface area contributed by atoms with E-state index in [2.05, 4.69) is 15.5 Å². The smallest absolute Gasteiger partial charge is 0.249 e. The summed E-state index contributed by atoms with van der Waals surface area (Å²) < 4.78 is 11.2. The number of aryl methyl sites for hydroxylation is 1. The zero-order chi connectivity index (χ0) is 14.5. The van der Waals surface area contributed by atoms with E-state index < -0.39 is 0 Å². The van der Waals surface area contributed by atoms with Gasteiger partial charge in [0.05, 0.1) is 0 Å². The first kappa shape index (κ1) is 14.2. The first-order chi connectivity index (χ1) is 10.4. The van der Waals surface area contributed by atoms with Crippen molar-refractivity contribution in [2.24, 2.45) is 0 Å². The van der Waals surface area contributed by atoms with Crippen LogP contribution in [0.4, 0.5) is 0 Å². The Hall–Kier alpha value is -1.72. The van der Waals surface area contributed by atoms with Gasteiger partial charge in [0.25, 0.3) is 0 Å². The van der Waals surface area contributed by atoms with Crippen LogP contribution in [0.15, 0.2) is 34.7 Å². The van der Waals surface area contributed by atoms with Gasteiger partial charge in [0.15, 0.2) is 6.10 Å². The van der Waals surface area contributed by atoms with Crippen LogP contribution < -0.4 is 5.32 Å². The molecule has 0 saturated heterocycles. The van der Waals surface area contributed by atoms with Gasteiger partial charge in [0, 0.05) is 19.6 Å². The third-order valence-electron chi connectivity index (χ3n) is 3.62. The van der Waals surface area contributed by atoms with Crippen molar-refractivity contribution in [2.45, 2.75) is 37.8 Å². The average molecular weight is 287 g/mol. The molecule has 0 bridgehead atoms. The minimum Gasteiger partial charge on any atom is -0.422 e. The molecule has 2 aromatic rings. The molecule has 1 aromatic heterocycles. The van der Waals surface area contributed by atoms with Crippen LogP contribution in [0.2, 0.25) is 0 Å². The summed E-state index contributed by atoms with van der Waals surface area (Å²) in [7, 11) is 1.65. The topological polar surface area (TPSA) is 60.2 Å². The molecular weight excluding hydrogens is 266 g/mol. The largest absolute Gasteiger partial charge is 0.422 e. The average Bonchev–Trinajstić information content (AvgIpc) is 3.24. The SMILES string of the molecule is COC(c1ccccc1)c1nnc(CCCNC2CC2)o1. The van der Waals surface area contributed by atoms with Crippen molar-refractivity contribution < 1.29 is 9.15 Å². The number of methoxy groups -OCH3 is 1. The Morgan fingerprint density at radius 2 is 2.10 bits per heavy atom. The molecule has 0 spiro atoms. The standard InChI is InChI=1S/C16H21N3O2/c1-20-15(12-6-3-2-4-7-12)16-19-18-14(21-16)8-5-11-17-13-9-10-13/h2-4,6-7,13,15,17H,5,8-11H2,1H3. The molecule has 3 rings (SSSR count). The maximum absolute atomic E-state index is 5.74. The minimum atomic E-state index is -0.294. The predicted octanol–water partition coefficient (Wildman–Crippen LogP) is 2.49. The van der Waals surface area contributed by atoms with Crippen molar-refractivity contribution in [3.05, 3.63) is 47.7 Å². The predicted molar refractivity (Wildman–Crippen MR) is 78.9 cm³/mol. The van der Waals surface area contributed by atoms with Gasteiger partial charge in [-0.3, -0.25) is 0 Å². The number of nitrogens with one attached hydrogen (secondary N) is 1. The Labute approximate surface area is 124 Å². The molecule has 0 aliphatic heterocycles. The number of hydrogen-bond acceptors (Lipinski definition) is 5. The summed E-state index contributed by atoms with van der Waals surface area (Å²) in [5.41, 5.74) is 1.02.